The molecule has 2 aliphatic heterocycles. The van der Waals surface area contributed by atoms with Gasteiger partial charge in [0.05, 0.1) is 29.5 Å². The van der Waals surface area contributed by atoms with E-state index in [4.69, 9.17) is 4.74 Å². The summed E-state index contributed by atoms with van der Waals surface area (Å²) < 4.78 is 6.40. The van der Waals surface area contributed by atoms with Crippen LogP contribution in [-0.2, 0) is 13.0 Å². The average molecular weight is 522 g/mol. The summed E-state index contributed by atoms with van der Waals surface area (Å²) in [7, 11) is 0. The Hall–Kier alpha value is -3.78. The van der Waals surface area contributed by atoms with E-state index in [9.17, 15) is 30.0 Å². The zero-order chi connectivity index (χ0) is 27.8. The molecule has 2 heterocycles. The molecule has 8 nitrogen and oxygen atoms in total. The number of carboxylic acid groups (broad SMARTS) is 1. The number of benzene rings is 2. The number of aliphatic hydroxyl groups is 1. The fourth-order valence-corrected chi connectivity index (χ4v) is 5.12. The predicted molar refractivity (Wildman–Crippen MR) is 144 cm³/mol. The minimum Gasteiger partial charge on any atom is -0.508 e. The third-order valence-corrected chi connectivity index (χ3v) is 7.42. The number of hydrogen-bond acceptors (Lipinski definition) is 6. The number of carbonyl (C=O) groups is 2. The number of phenolic OH excluding ortho intramolecular Hbond substituents is 2. The van der Waals surface area contributed by atoms with Crippen LogP contribution in [0.2, 0.25) is 0 Å². The van der Waals surface area contributed by atoms with Gasteiger partial charge in [0.25, 0.3) is 5.91 Å². The second-order valence-electron chi connectivity index (χ2n) is 10.7. The summed E-state index contributed by atoms with van der Waals surface area (Å²) in [6, 6.07) is 5.16. The highest BCUT2D eigenvalue weighted by Gasteiger charge is 2.44. The molecule has 2 aromatic rings. The molecule has 1 amide bonds. The molecule has 0 bridgehead atoms. The molecule has 0 radical (unpaired) electrons. The van der Waals surface area contributed by atoms with Gasteiger partial charge in [-0.25, -0.2) is 4.79 Å². The minimum atomic E-state index is -1.28. The number of aromatic carboxylic acids is 1. The van der Waals surface area contributed by atoms with Crippen molar-refractivity contribution in [2.75, 3.05) is 4.90 Å². The van der Waals surface area contributed by atoms with Gasteiger partial charge in [-0.2, -0.15) is 0 Å². The molecule has 0 fully saturated rings. The van der Waals surface area contributed by atoms with E-state index in [0.717, 1.165) is 18.9 Å². The Morgan fingerprint density at radius 2 is 1.87 bits per heavy atom. The van der Waals surface area contributed by atoms with E-state index in [-0.39, 0.29) is 41.3 Å². The maximum absolute atomic E-state index is 13.3. The second kappa shape index (κ2) is 10.5. The highest BCUT2D eigenvalue weighted by molar-refractivity contribution is 6.13. The highest BCUT2D eigenvalue weighted by Crippen LogP contribution is 2.47. The molecule has 4 rings (SSSR count). The van der Waals surface area contributed by atoms with E-state index in [1.165, 1.54) is 34.2 Å². The first-order chi connectivity index (χ1) is 17.9. The molecule has 0 aliphatic carbocycles. The van der Waals surface area contributed by atoms with Crippen LogP contribution in [0.3, 0.4) is 0 Å². The standard InChI is InChI=1S/C30H35NO7/c1-17(2)7-5-8-18(3)9-6-12-30(4)26(34)15-22-25(33)14-20-23(27(22)38-30)16-31(28(20)35)24-11-10-19(32)13-21(24)29(36)37/h7,9-11,13-14,26,32-34H,5-6,8,12,15-16H2,1-4H3,(H,36,37)/b18-9+/t26-,30+/m0/s1. The fraction of sp³-hybridized carbons (Fsp3) is 0.400. The molecule has 0 spiro atoms. The normalized spacial score (nSPS) is 20.6. The van der Waals surface area contributed by atoms with Crippen LogP contribution < -0.4 is 9.64 Å². The topological polar surface area (TPSA) is 128 Å². The molecular weight excluding hydrogens is 486 g/mol. The predicted octanol–water partition coefficient (Wildman–Crippen LogP) is 5.48. The molecule has 8 heteroatoms. The Balaban J connectivity index is 1.60. The quantitative estimate of drug-likeness (QED) is 0.339. The Kier molecular flexibility index (Phi) is 7.56. The lowest BCUT2D eigenvalue weighted by atomic mass is 9.84. The van der Waals surface area contributed by atoms with Crippen molar-refractivity contribution >= 4 is 17.6 Å². The van der Waals surface area contributed by atoms with Gasteiger partial charge in [0, 0.05) is 17.5 Å². The lowest BCUT2D eigenvalue weighted by Crippen LogP contribution is -2.49. The van der Waals surface area contributed by atoms with Crippen molar-refractivity contribution in [3.05, 3.63) is 69.8 Å². The number of phenols is 2. The van der Waals surface area contributed by atoms with Crippen LogP contribution in [0, 0.1) is 0 Å². The summed E-state index contributed by atoms with van der Waals surface area (Å²) >= 11 is 0. The number of amides is 1. The van der Waals surface area contributed by atoms with Crippen molar-refractivity contribution in [1.29, 1.82) is 0 Å². The SMILES string of the molecule is CC(C)=CCC/C(C)=C/CC[C@@]1(C)Oc2c(c(O)cc3c2CN(c2ccc(O)cc2C(=O)O)C3=O)C[C@@H]1O. The number of carboxylic acids is 1. The largest absolute Gasteiger partial charge is 0.508 e. The number of anilines is 1. The molecule has 202 valence electrons. The third kappa shape index (κ3) is 5.27. The van der Waals surface area contributed by atoms with Crippen LogP contribution in [0.5, 0.6) is 17.2 Å². The maximum atomic E-state index is 13.3. The number of hydrogen-bond donors (Lipinski definition) is 4. The van der Waals surface area contributed by atoms with Gasteiger partial charge in [0.2, 0.25) is 0 Å². The second-order valence-corrected chi connectivity index (χ2v) is 10.7. The molecule has 0 aromatic heterocycles. The number of rotatable bonds is 8. The van der Waals surface area contributed by atoms with E-state index < -0.39 is 23.6 Å². The van der Waals surface area contributed by atoms with Gasteiger partial charge in [0.1, 0.15) is 22.8 Å². The van der Waals surface area contributed by atoms with E-state index in [1.54, 1.807) is 0 Å². The van der Waals surface area contributed by atoms with Gasteiger partial charge in [-0.05, 0) is 77.6 Å². The monoisotopic (exact) mass is 521 g/mol. The lowest BCUT2D eigenvalue weighted by Gasteiger charge is -2.40. The van der Waals surface area contributed by atoms with Gasteiger partial charge in [-0.1, -0.05) is 23.3 Å². The fourth-order valence-electron chi connectivity index (χ4n) is 5.12. The molecule has 0 saturated carbocycles. The van der Waals surface area contributed by atoms with Crippen molar-refractivity contribution in [2.24, 2.45) is 0 Å². The molecule has 2 atom stereocenters. The van der Waals surface area contributed by atoms with Gasteiger partial charge >= 0.3 is 5.97 Å². The van der Waals surface area contributed by atoms with Crippen LogP contribution >= 0.6 is 0 Å². The summed E-state index contributed by atoms with van der Waals surface area (Å²) in [6.07, 6.45) is 6.86. The Bertz CT molecular complexity index is 1340. The van der Waals surface area contributed by atoms with Crippen LogP contribution in [-0.4, -0.2) is 44.0 Å². The van der Waals surface area contributed by atoms with Crippen LogP contribution in [0.25, 0.3) is 0 Å². The van der Waals surface area contributed by atoms with Gasteiger partial charge in [0.15, 0.2) is 0 Å². The molecule has 0 unspecified atom stereocenters. The Morgan fingerprint density at radius 1 is 1.13 bits per heavy atom. The molecule has 2 aromatic carbocycles. The molecule has 2 aliphatic rings. The third-order valence-electron chi connectivity index (χ3n) is 7.42. The summed E-state index contributed by atoms with van der Waals surface area (Å²) in [4.78, 5) is 26.4. The first kappa shape index (κ1) is 27.3. The average Bonchev–Trinajstić information content (AvgIpc) is 3.16. The van der Waals surface area contributed by atoms with Crippen LogP contribution in [0.1, 0.15) is 85.2 Å². The number of nitrogens with zero attached hydrogens (tertiary/aromatic N) is 1. The molecule has 4 N–H and O–H groups in total. The van der Waals surface area contributed by atoms with Crippen LogP contribution in [0.15, 0.2) is 47.6 Å². The van der Waals surface area contributed by atoms with Crippen molar-refractivity contribution in [3.8, 4) is 17.2 Å². The minimum absolute atomic E-state index is 0.0391. The maximum Gasteiger partial charge on any atom is 0.337 e. The summed E-state index contributed by atoms with van der Waals surface area (Å²) in [5, 5.41) is 41.1. The summed E-state index contributed by atoms with van der Waals surface area (Å²) in [5.41, 5.74) is 2.74. The van der Waals surface area contributed by atoms with Crippen molar-refractivity contribution in [2.45, 2.75) is 78.0 Å². The first-order valence-corrected chi connectivity index (χ1v) is 12.8. The molecular formula is C30H35NO7. The number of fused-ring (bicyclic) bond motifs is 3. The number of ether oxygens (including phenoxy) is 1. The first-order valence-electron chi connectivity index (χ1n) is 12.8. The number of aromatic hydroxyl groups is 2. The lowest BCUT2D eigenvalue weighted by molar-refractivity contribution is -0.0597. The smallest absolute Gasteiger partial charge is 0.337 e. The number of carbonyl (C=O) groups excluding carboxylic acids is 1. The Morgan fingerprint density at radius 3 is 2.55 bits per heavy atom. The molecule has 0 saturated heterocycles. The summed E-state index contributed by atoms with van der Waals surface area (Å²) in [5.74, 6) is -1.75. The number of allylic oxidation sites excluding steroid dienone is 4. The summed E-state index contributed by atoms with van der Waals surface area (Å²) in [6.45, 7) is 8.12. The van der Waals surface area contributed by atoms with Gasteiger partial charge in [-0.15, -0.1) is 0 Å². The van der Waals surface area contributed by atoms with E-state index in [1.807, 2.05) is 6.92 Å². The zero-order valence-corrected chi connectivity index (χ0v) is 22.2. The highest BCUT2D eigenvalue weighted by atomic mass is 16.5. The zero-order valence-electron chi connectivity index (χ0n) is 22.2. The Labute approximate surface area is 222 Å². The van der Waals surface area contributed by atoms with Crippen LogP contribution in [0.4, 0.5) is 5.69 Å². The van der Waals surface area contributed by atoms with E-state index >= 15 is 0 Å². The van der Waals surface area contributed by atoms with Gasteiger partial charge < -0.3 is 30.1 Å². The molecule has 38 heavy (non-hydrogen) atoms. The van der Waals surface area contributed by atoms with Crippen molar-refractivity contribution in [1.82, 2.24) is 0 Å². The number of aliphatic hydroxyl groups excluding tert-OH is 1. The van der Waals surface area contributed by atoms with Crippen molar-refractivity contribution in [3.63, 3.8) is 0 Å². The van der Waals surface area contributed by atoms with E-state index in [2.05, 4.69) is 32.9 Å². The van der Waals surface area contributed by atoms with E-state index in [0.29, 0.717) is 29.7 Å². The van der Waals surface area contributed by atoms with Gasteiger partial charge in [-0.3, -0.25) is 4.79 Å². The van der Waals surface area contributed by atoms with Crippen molar-refractivity contribution < 1.29 is 34.8 Å².